The van der Waals surface area contributed by atoms with Crippen LogP contribution in [0, 0.1) is 6.92 Å². The molecule has 1 aromatic carbocycles. The first-order valence-corrected chi connectivity index (χ1v) is 9.73. The number of nitrogens with zero attached hydrogens (tertiary/aromatic N) is 1. The van der Waals surface area contributed by atoms with Gasteiger partial charge in [-0.25, -0.2) is 12.7 Å². The maximum atomic E-state index is 12.1. The molecule has 0 spiro atoms. The second kappa shape index (κ2) is 7.81. The maximum absolute atomic E-state index is 12.1. The molecule has 0 aliphatic carbocycles. The molecule has 1 aromatic rings. The fourth-order valence-corrected chi connectivity index (χ4v) is 3.67. The third-order valence-corrected chi connectivity index (χ3v) is 5.27. The molecule has 1 amide bonds. The molecular formula is C17H24N2O4S. The molecule has 1 aliphatic rings. The van der Waals surface area contributed by atoms with Crippen molar-refractivity contribution in [2.45, 2.75) is 25.8 Å². The van der Waals surface area contributed by atoms with Crippen LogP contribution in [0.15, 0.2) is 24.3 Å². The minimum Gasteiger partial charge on any atom is -0.496 e. The fourth-order valence-electron chi connectivity index (χ4n) is 2.76. The van der Waals surface area contributed by atoms with Crippen LogP contribution in [0.1, 0.15) is 24.0 Å². The molecule has 7 heteroatoms. The number of hydrogen-bond donors (Lipinski definition) is 1. The van der Waals surface area contributed by atoms with Crippen molar-refractivity contribution in [1.82, 2.24) is 9.62 Å². The molecule has 1 N–H and O–H groups in total. The summed E-state index contributed by atoms with van der Waals surface area (Å²) in [4.78, 5) is 12.1. The van der Waals surface area contributed by atoms with Crippen molar-refractivity contribution in [2.24, 2.45) is 0 Å². The van der Waals surface area contributed by atoms with Crippen LogP contribution in [0.4, 0.5) is 0 Å². The minimum atomic E-state index is -3.22. The number of rotatable bonds is 5. The van der Waals surface area contributed by atoms with E-state index in [1.165, 1.54) is 16.6 Å². The topological polar surface area (TPSA) is 75.7 Å². The van der Waals surface area contributed by atoms with Crippen molar-refractivity contribution in [3.8, 4) is 5.75 Å². The maximum Gasteiger partial charge on any atom is 0.244 e. The van der Waals surface area contributed by atoms with E-state index in [0.29, 0.717) is 18.8 Å². The van der Waals surface area contributed by atoms with Crippen molar-refractivity contribution in [1.29, 1.82) is 0 Å². The van der Waals surface area contributed by atoms with Crippen LogP contribution < -0.4 is 10.1 Å². The summed E-state index contributed by atoms with van der Waals surface area (Å²) in [6.45, 7) is 2.81. The number of benzene rings is 1. The van der Waals surface area contributed by atoms with Crippen LogP contribution in [0.2, 0.25) is 0 Å². The average molecular weight is 352 g/mol. The van der Waals surface area contributed by atoms with Crippen molar-refractivity contribution in [3.63, 3.8) is 0 Å². The number of piperidine rings is 1. The third-order valence-electron chi connectivity index (χ3n) is 4.00. The molecule has 1 saturated heterocycles. The normalized spacial score (nSPS) is 19.4. The Bertz CT molecular complexity index is 728. The van der Waals surface area contributed by atoms with E-state index in [0.717, 1.165) is 24.0 Å². The number of sulfonamides is 1. The highest BCUT2D eigenvalue weighted by atomic mass is 32.2. The first-order chi connectivity index (χ1) is 11.3. The molecule has 0 radical (unpaired) electrons. The summed E-state index contributed by atoms with van der Waals surface area (Å²) in [5.74, 6) is 0.462. The van der Waals surface area contributed by atoms with E-state index in [-0.39, 0.29) is 11.9 Å². The van der Waals surface area contributed by atoms with Gasteiger partial charge in [0.05, 0.1) is 13.4 Å². The molecule has 1 unspecified atom stereocenters. The van der Waals surface area contributed by atoms with Crippen LogP contribution in [0.25, 0.3) is 6.08 Å². The van der Waals surface area contributed by atoms with Gasteiger partial charge in [-0.05, 0) is 38.0 Å². The lowest BCUT2D eigenvalue weighted by Gasteiger charge is -2.31. The molecule has 132 valence electrons. The van der Waals surface area contributed by atoms with E-state index in [9.17, 15) is 13.2 Å². The molecule has 6 nitrogen and oxygen atoms in total. The Balaban J connectivity index is 1.99. The summed E-state index contributed by atoms with van der Waals surface area (Å²) in [5, 5.41) is 2.87. The number of methoxy groups -OCH3 is 1. The Labute approximate surface area is 143 Å². The van der Waals surface area contributed by atoms with Gasteiger partial charge in [0.2, 0.25) is 15.9 Å². The first kappa shape index (κ1) is 18.5. The zero-order valence-electron chi connectivity index (χ0n) is 14.3. The second-order valence-corrected chi connectivity index (χ2v) is 8.03. The summed E-state index contributed by atoms with van der Waals surface area (Å²) in [7, 11) is -1.63. The molecule has 2 rings (SSSR count). The van der Waals surface area contributed by atoms with Crippen LogP contribution in [-0.2, 0) is 14.8 Å². The smallest absolute Gasteiger partial charge is 0.244 e. The number of amides is 1. The lowest BCUT2D eigenvalue weighted by atomic mass is 10.1. The van der Waals surface area contributed by atoms with Crippen molar-refractivity contribution < 1.29 is 17.9 Å². The number of carbonyl (C=O) groups excluding carboxylic acids is 1. The molecule has 24 heavy (non-hydrogen) atoms. The summed E-state index contributed by atoms with van der Waals surface area (Å²) in [5.41, 5.74) is 1.90. The van der Waals surface area contributed by atoms with E-state index < -0.39 is 10.0 Å². The summed E-state index contributed by atoms with van der Waals surface area (Å²) < 4.78 is 29.9. The minimum absolute atomic E-state index is 0.162. The quantitative estimate of drug-likeness (QED) is 0.816. The first-order valence-electron chi connectivity index (χ1n) is 7.88. The van der Waals surface area contributed by atoms with Crippen molar-refractivity contribution >= 4 is 22.0 Å². The lowest BCUT2D eigenvalue weighted by Crippen LogP contribution is -2.48. The number of carbonyl (C=O) groups is 1. The van der Waals surface area contributed by atoms with Crippen LogP contribution in [-0.4, -0.2) is 51.1 Å². The standard InChI is InChI=1S/C17H24N2O4S/c1-13-6-8-16(23-2)14(11-13)7-9-17(20)18-15-5-4-10-19(12-15)24(3,21)22/h6-9,11,15H,4-5,10,12H2,1-3H3,(H,18,20)/b9-7+. The van der Waals surface area contributed by atoms with Crippen molar-refractivity contribution in [2.75, 3.05) is 26.5 Å². The number of aryl methyl sites for hydroxylation is 1. The molecular weight excluding hydrogens is 328 g/mol. The van der Waals surface area contributed by atoms with E-state index in [4.69, 9.17) is 4.74 Å². The van der Waals surface area contributed by atoms with Crippen LogP contribution >= 0.6 is 0 Å². The fraction of sp³-hybridized carbons (Fsp3) is 0.471. The zero-order valence-corrected chi connectivity index (χ0v) is 15.1. The average Bonchev–Trinajstić information content (AvgIpc) is 2.52. The Morgan fingerprint density at radius 3 is 2.83 bits per heavy atom. The highest BCUT2D eigenvalue weighted by Gasteiger charge is 2.26. The monoisotopic (exact) mass is 352 g/mol. The van der Waals surface area contributed by atoms with Gasteiger partial charge in [0.1, 0.15) is 5.75 Å². The number of nitrogens with one attached hydrogen (secondary N) is 1. The van der Waals surface area contributed by atoms with Gasteiger partial charge in [-0.15, -0.1) is 0 Å². The molecule has 1 atom stereocenters. The lowest BCUT2D eigenvalue weighted by molar-refractivity contribution is -0.117. The predicted molar refractivity (Wildman–Crippen MR) is 94.3 cm³/mol. The zero-order chi connectivity index (χ0) is 17.7. The van der Waals surface area contributed by atoms with Gasteiger partial charge in [-0.2, -0.15) is 0 Å². The van der Waals surface area contributed by atoms with E-state index in [1.54, 1.807) is 13.2 Å². The Hall–Kier alpha value is -1.86. The van der Waals surface area contributed by atoms with Gasteiger partial charge in [0.15, 0.2) is 0 Å². The summed E-state index contributed by atoms with van der Waals surface area (Å²) in [6.07, 6.45) is 5.88. The Kier molecular flexibility index (Phi) is 6.01. The number of hydrogen-bond acceptors (Lipinski definition) is 4. The molecule has 1 heterocycles. The van der Waals surface area contributed by atoms with Gasteiger partial charge in [-0.1, -0.05) is 11.6 Å². The van der Waals surface area contributed by atoms with Crippen molar-refractivity contribution in [3.05, 3.63) is 35.4 Å². The highest BCUT2D eigenvalue weighted by molar-refractivity contribution is 7.88. The third kappa shape index (κ3) is 5.07. The van der Waals surface area contributed by atoms with Crippen LogP contribution in [0.5, 0.6) is 5.75 Å². The highest BCUT2D eigenvalue weighted by Crippen LogP contribution is 2.21. The van der Waals surface area contributed by atoms with E-state index in [1.807, 2.05) is 25.1 Å². The van der Waals surface area contributed by atoms with E-state index >= 15 is 0 Å². The van der Waals surface area contributed by atoms with Gasteiger partial charge in [0, 0.05) is 30.8 Å². The van der Waals surface area contributed by atoms with Gasteiger partial charge >= 0.3 is 0 Å². The Morgan fingerprint density at radius 2 is 2.17 bits per heavy atom. The number of ether oxygens (including phenoxy) is 1. The molecule has 0 aromatic heterocycles. The van der Waals surface area contributed by atoms with Gasteiger partial charge < -0.3 is 10.1 Å². The molecule has 1 aliphatic heterocycles. The van der Waals surface area contributed by atoms with Gasteiger partial charge in [-0.3, -0.25) is 4.79 Å². The largest absolute Gasteiger partial charge is 0.496 e. The predicted octanol–water partition coefficient (Wildman–Crippen LogP) is 1.56. The van der Waals surface area contributed by atoms with Crippen LogP contribution in [0.3, 0.4) is 0 Å². The summed E-state index contributed by atoms with van der Waals surface area (Å²) in [6, 6.07) is 5.58. The summed E-state index contributed by atoms with van der Waals surface area (Å²) >= 11 is 0. The Morgan fingerprint density at radius 1 is 1.42 bits per heavy atom. The SMILES string of the molecule is COc1ccc(C)cc1/C=C/C(=O)NC1CCCN(S(C)(=O)=O)C1. The molecule has 0 bridgehead atoms. The molecule has 1 fully saturated rings. The molecule has 0 saturated carbocycles. The van der Waals surface area contributed by atoms with E-state index in [2.05, 4.69) is 5.32 Å². The van der Waals surface area contributed by atoms with Gasteiger partial charge in [0.25, 0.3) is 0 Å². The second-order valence-electron chi connectivity index (χ2n) is 6.05.